The van der Waals surface area contributed by atoms with Crippen LogP contribution in [0, 0.1) is 0 Å². The summed E-state index contributed by atoms with van der Waals surface area (Å²) >= 11 is 0. The number of hydrogen-bond donors (Lipinski definition) is 1. The number of rotatable bonds is 8. The normalized spacial score (nSPS) is 14.7. The third kappa shape index (κ3) is 6.00. The first-order valence-corrected chi connectivity index (χ1v) is 11.3. The molecule has 178 valence electrons. The van der Waals surface area contributed by atoms with Gasteiger partial charge in [0.05, 0.1) is 5.56 Å². The van der Waals surface area contributed by atoms with Gasteiger partial charge in [-0.3, -0.25) is 0 Å². The molecule has 3 aromatic carbocycles. The van der Waals surface area contributed by atoms with Crippen molar-refractivity contribution in [3.63, 3.8) is 0 Å². The summed E-state index contributed by atoms with van der Waals surface area (Å²) in [4.78, 5) is 0. The summed E-state index contributed by atoms with van der Waals surface area (Å²) in [5.74, 6) is 1.34. The molecular weight excluding hydrogens is 439 g/mol. The van der Waals surface area contributed by atoms with E-state index in [1.807, 2.05) is 56.3 Å². The number of nitrogens with one attached hydrogen (secondary N) is 1. The van der Waals surface area contributed by atoms with Gasteiger partial charge in [0, 0.05) is 18.2 Å². The van der Waals surface area contributed by atoms with Crippen LogP contribution in [0.4, 0.5) is 13.2 Å². The van der Waals surface area contributed by atoms with Crippen molar-refractivity contribution in [3.8, 4) is 11.5 Å². The number of benzene rings is 3. The topological polar surface area (TPSA) is 30.5 Å². The van der Waals surface area contributed by atoms with Gasteiger partial charge in [-0.2, -0.15) is 13.2 Å². The molecule has 1 heterocycles. The zero-order chi connectivity index (χ0) is 24.2. The van der Waals surface area contributed by atoms with Gasteiger partial charge in [0.15, 0.2) is 0 Å². The first-order valence-electron chi connectivity index (χ1n) is 11.3. The Kier molecular flexibility index (Phi) is 6.98. The summed E-state index contributed by atoms with van der Waals surface area (Å²) in [6.45, 7) is 5.94. The minimum Gasteiger partial charge on any atom is -0.492 e. The maximum Gasteiger partial charge on any atom is 0.416 e. The van der Waals surface area contributed by atoms with E-state index in [1.165, 1.54) is 17.7 Å². The van der Waals surface area contributed by atoms with Crippen molar-refractivity contribution >= 4 is 5.57 Å². The van der Waals surface area contributed by atoms with Crippen LogP contribution in [-0.2, 0) is 12.6 Å². The Bertz CT molecular complexity index is 1140. The summed E-state index contributed by atoms with van der Waals surface area (Å²) in [6, 6.07) is 21.1. The molecule has 3 nitrogen and oxygen atoms in total. The van der Waals surface area contributed by atoms with Gasteiger partial charge >= 0.3 is 6.18 Å². The predicted octanol–water partition coefficient (Wildman–Crippen LogP) is 6.52. The predicted molar refractivity (Wildman–Crippen MR) is 128 cm³/mol. The second-order valence-corrected chi connectivity index (χ2v) is 8.83. The molecule has 6 heteroatoms. The highest BCUT2D eigenvalue weighted by Gasteiger charge is 2.31. The van der Waals surface area contributed by atoms with Gasteiger partial charge in [-0.05, 0) is 73.9 Å². The van der Waals surface area contributed by atoms with E-state index in [4.69, 9.17) is 9.47 Å². The molecule has 0 aromatic heterocycles. The Labute approximate surface area is 198 Å². The van der Waals surface area contributed by atoms with Crippen molar-refractivity contribution in [2.75, 3.05) is 19.7 Å². The molecule has 3 aromatic rings. The van der Waals surface area contributed by atoms with Gasteiger partial charge in [-0.15, -0.1) is 0 Å². The average molecular weight is 468 g/mol. The van der Waals surface area contributed by atoms with Crippen LogP contribution in [0.1, 0.15) is 36.1 Å². The Morgan fingerprint density at radius 1 is 0.912 bits per heavy atom. The molecule has 0 saturated carbocycles. The van der Waals surface area contributed by atoms with Gasteiger partial charge in [-0.1, -0.05) is 42.5 Å². The molecule has 0 aliphatic carbocycles. The van der Waals surface area contributed by atoms with E-state index >= 15 is 0 Å². The maximum atomic E-state index is 13.0. The average Bonchev–Trinajstić information content (AvgIpc) is 2.80. The van der Waals surface area contributed by atoms with Crippen LogP contribution in [0.15, 0.2) is 78.9 Å². The summed E-state index contributed by atoms with van der Waals surface area (Å²) in [5.41, 5.74) is 2.40. The molecule has 1 N–H and O–H groups in total. The lowest BCUT2D eigenvalue weighted by Crippen LogP contribution is -2.29. The number of ether oxygens (including phenoxy) is 2. The van der Waals surface area contributed by atoms with E-state index in [0.717, 1.165) is 36.2 Å². The quantitative estimate of drug-likeness (QED) is 0.383. The van der Waals surface area contributed by atoms with Crippen LogP contribution < -0.4 is 14.8 Å². The van der Waals surface area contributed by atoms with Crippen molar-refractivity contribution in [2.45, 2.75) is 32.0 Å². The zero-order valence-electron chi connectivity index (χ0n) is 19.3. The number of hydrogen-bond acceptors (Lipinski definition) is 3. The van der Waals surface area contributed by atoms with Gasteiger partial charge < -0.3 is 14.8 Å². The van der Waals surface area contributed by atoms with Crippen molar-refractivity contribution in [2.24, 2.45) is 0 Å². The molecule has 34 heavy (non-hydrogen) atoms. The Morgan fingerprint density at radius 3 is 2.35 bits per heavy atom. The molecule has 1 aliphatic rings. The standard InChI is InChI=1S/C28H28F3NO2/c1-27(2)19-25(21-8-10-22(11-9-21)28(29,30)31)24-13-12-23(18-26(24)34-27)33-17-16-32-15-14-20-6-4-3-5-7-20/h3-13,18-19,32H,14-17H2,1-2H3. The number of alkyl halides is 3. The van der Waals surface area contributed by atoms with E-state index in [2.05, 4.69) is 17.4 Å². The molecule has 0 amide bonds. The maximum absolute atomic E-state index is 13.0. The van der Waals surface area contributed by atoms with E-state index < -0.39 is 17.3 Å². The largest absolute Gasteiger partial charge is 0.492 e. The SMILES string of the molecule is CC1(C)C=C(c2ccc(C(F)(F)F)cc2)c2ccc(OCCNCCc3ccccc3)cc2O1. The van der Waals surface area contributed by atoms with Crippen LogP contribution in [0.25, 0.3) is 5.57 Å². The molecule has 0 spiro atoms. The number of halogens is 3. The van der Waals surface area contributed by atoms with Crippen molar-refractivity contribution in [1.82, 2.24) is 5.32 Å². The summed E-state index contributed by atoms with van der Waals surface area (Å²) in [6.07, 6.45) is -1.46. The van der Waals surface area contributed by atoms with E-state index in [9.17, 15) is 13.2 Å². The fraction of sp³-hybridized carbons (Fsp3) is 0.286. The smallest absolute Gasteiger partial charge is 0.416 e. The van der Waals surface area contributed by atoms with Crippen LogP contribution in [0.2, 0.25) is 0 Å². The first kappa shape index (κ1) is 23.9. The lowest BCUT2D eigenvalue weighted by molar-refractivity contribution is -0.137. The highest BCUT2D eigenvalue weighted by molar-refractivity contribution is 5.85. The Hall–Kier alpha value is -3.25. The third-order valence-corrected chi connectivity index (χ3v) is 5.61. The van der Waals surface area contributed by atoms with Crippen LogP contribution in [0.3, 0.4) is 0 Å². The van der Waals surface area contributed by atoms with Crippen molar-refractivity contribution < 1.29 is 22.6 Å². The zero-order valence-corrected chi connectivity index (χ0v) is 19.3. The van der Waals surface area contributed by atoms with Crippen LogP contribution in [0.5, 0.6) is 11.5 Å². The molecule has 0 atom stereocenters. The van der Waals surface area contributed by atoms with Crippen LogP contribution >= 0.6 is 0 Å². The molecule has 0 bridgehead atoms. The summed E-state index contributed by atoms with van der Waals surface area (Å²) in [5, 5.41) is 3.38. The summed E-state index contributed by atoms with van der Waals surface area (Å²) < 4.78 is 50.9. The lowest BCUT2D eigenvalue weighted by atomic mass is 9.89. The van der Waals surface area contributed by atoms with Crippen molar-refractivity contribution in [3.05, 3.63) is 101 Å². The van der Waals surface area contributed by atoms with E-state index in [0.29, 0.717) is 30.2 Å². The van der Waals surface area contributed by atoms with Gasteiger partial charge in [0.1, 0.15) is 23.7 Å². The highest BCUT2D eigenvalue weighted by Crippen LogP contribution is 2.41. The minimum atomic E-state index is -4.36. The molecule has 0 radical (unpaired) electrons. The van der Waals surface area contributed by atoms with Gasteiger partial charge in [-0.25, -0.2) is 0 Å². The Balaban J connectivity index is 1.39. The fourth-order valence-corrected chi connectivity index (χ4v) is 3.96. The molecular formula is C28H28F3NO2. The molecule has 4 rings (SSSR count). The van der Waals surface area contributed by atoms with Crippen molar-refractivity contribution in [1.29, 1.82) is 0 Å². The molecule has 1 aliphatic heterocycles. The first-order chi connectivity index (χ1) is 16.2. The van der Waals surface area contributed by atoms with Gasteiger partial charge in [0.25, 0.3) is 0 Å². The second-order valence-electron chi connectivity index (χ2n) is 8.83. The minimum absolute atomic E-state index is 0.512. The summed E-state index contributed by atoms with van der Waals surface area (Å²) in [7, 11) is 0. The van der Waals surface area contributed by atoms with Gasteiger partial charge in [0.2, 0.25) is 0 Å². The van der Waals surface area contributed by atoms with Crippen LogP contribution in [-0.4, -0.2) is 25.3 Å². The molecule has 0 unspecified atom stereocenters. The number of fused-ring (bicyclic) bond motifs is 1. The monoisotopic (exact) mass is 467 g/mol. The molecule has 0 saturated heterocycles. The molecule has 0 fully saturated rings. The lowest BCUT2D eigenvalue weighted by Gasteiger charge is -2.31. The Morgan fingerprint density at radius 2 is 1.65 bits per heavy atom. The third-order valence-electron chi connectivity index (χ3n) is 5.61. The van der Waals surface area contributed by atoms with E-state index in [-0.39, 0.29) is 0 Å². The fourth-order valence-electron chi connectivity index (χ4n) is 3.96. The highest BCUT2D eigenvalue weighted by atomic mass is 19.4. The second kappa shape index (κ2) is 9.94. The van der Waals surface area contributed by atoms with E-state index in [1.54, 1.807) is 0 Å².